The molecule has 1 aliphatic rings. The number of nitrogens with one attached hydrogen (secondary N) is 1. The van der Waals surface area contributed by atoms with E-state index in [9.17, 15) is 10.2 Å². The minimum Gasteiger partial charge on any atom is -0.508 e. The molecule has 0 aromatic heterocycles. The van der Waals surface area contributed by atoms with E-state index in [0.717, 1.165) is 30.6 Å². The molecule has 1 aliphatic heterocycles. The highest BCUT2D eigenvalue weighted by molar-refractivity contribution is 5.44. The van der Waals surface area contributed by atoms with Crippen LogP contribution in [0.3, 0.4) is 0 Å². The van der Waals surface area contributed by atoms with E-state index in [1.54, 1.807) is 0 Å². The number of benzene rings is 1. The summed E-state index contributed by atoms with van der Waals surface area (Å²) < 4.78 is 0. The van der Waals surface area contributed by atoms with Crippen LogP contribution in [0.2, 0.25) is 0 Å². The second-order valence-corrected chi connectivity index (χ2v) is 4.33. The normalized spacial score (nSPS) is 20.7. The van der Waals surface area contributed by atoms with E-state index < -0.39 is 0 Å². The molecule has 0 spiro atoms. The van der Waals surface area contributed by atoms with Crippen molar-refractivity contribution in [3.05, 3.63) is 23.3 Å². The van der Waals surface area contributed by atoms with Crippen LogP contribution in [0.1, 0.15) is 17.5 Å². The first-order valence-corrected chi connectivity index (χ1v) is 5.39. The summed E-state index contributed by atoms with van der Waals surface area (Å²) in [6.45, 7) is 3.95. The lowest BCUT2D eigenvalue weighted by molar-refractivity contribution is 0.438. The fraction of sp³-hybridized carbons (Fsp3) is 0.500. The Morgan fingerprint density at radius 3 is 2.80 bits per heavy atom. The largest absolute Gasteiger partial charge is 0.508 e. The van der Waals surface area contributed by atoms with Crippen LogP contribution in [0.15, 0.2) is 12.1 Å². The summed E-state index contributed by atoms with van der Waals surface area (Å²) in [6, 6.07) is 3.32. The smallest absolute Gasteiger partial charge is 0.122 e. The number of hydrogen-bond acceptors (Lipinski definition) is 3. The Labute approximate surface area is 89.8 Å². The first-order chi connectivity index (χ1) is 7.16. The Morgan fingerprint density at radius 1 is 1.33 bits per heavy atom. The van der Waals surface area contributed by atoms with E-state index in [4.69, 9.17) is 0 Å². The molecular weight excluding hydrogens is 190 g/mol. The highest BCUT2D eigenvalue weighted by atomic mass is 16.3. The van der Waals surface area contributed by atoms with Crippen molar-refractivity contribution in [3.63, 3.8) is 0 Å². The molecule has 2 rings (SSSR count). The topological polar surface area (TPSA) is 52.5 Å². The fourth-order valence-corrected chi connectivity index (χ4v) is 2.11. The Balaban J connectivity index is 2.16. The van der Waals surface area contributed by atoms with Gasteiger partial charge < -0.3 is 15.5 Å². The molecule has 1 fully saturated rings. The van der Waals surface area contributed by atoms with Crippen LogP contribution in [0.25, 0.3) is 0 Å². The van der Waals surface area contributed by atoms with E-state index in [1.807, 2.05) is 13.0 Å². The van der Waals surface area contributed by atoms with Gasteiger partial charge in [0.1, 0.15) is 11.5 Å². The van der Waals surface area contributed by atoms with Crippen LogP contribution in [0, 0.1) is 12.8 Å². The lowest BCUT2D eigenvalue weighted by atomic mass is 9.96. The molecule has 1 aromatic rings. The summed E-state index contributed by atoms with van der Waals surface area (Å²) in [5.74, 6) is 0.991. The Bertz CT molecular complexity index is 357. The van der Waals surface area contributed by atoms with Gasteiger partial charge in [0.25, 0.3) is 0 Å². The van der Waals surface area contributed by atoms with Crippen molar-refractivity contribution in [3.8, 4) is 11.5 Å². The minimum absolute atomic E-state index is 0.167. The maximum absolute atomic E-state index is 9.70. The van der Waals surface area contributed by atoms with Gasteiger partial charge in [-0.1, -0.05) is 0 Å². The van der Waals surface area contributed by atoms with Crippen LogP contribution in [0.5, 0.6) is 11.5 Å². The maximum atomic E-state index is 9.70. The lowest BCUT2D eigenvalue weighted by Gasteiger charge is -2.11. The van der Waals surface area contributed by atoms with Gasteiger partial charge in [0.2, 0.25) is 0 Å². The molecule has 3 heteroatoms. The summed E-state index contributed by atoms with van der Waals surface area (Å²) in [4.78, 5) is 0. The van der Waals surface area contributed by atoms with E-state index in [1.165, 1.54) is 12.5 Å². The van der Waals surface area contributed by atoms with Crippen molar-refractivity contribution >= 4 is 0 Å². The Morgan fingerprint density at radius 2 is 2.13 bits per heavy atom. The molecular formula is C12H17NO2. The average Bonchev–Trinajstić information content (AvgIpc) is 2.67. The summed E-state index contributed by atoms with van der Waals surface area (Å²) in [7, 11) is 0. The van der Waals surface area contributed by atoms with Crippen molar-refractivity contribution < 1.29 is 10.2 Å². The standard InChI is InChI=1S/C12H17NO2/c1-8-4-10(12(15)6-11(8)14)5-9-2-3-13-7-9/h4,6,9,13-15H,2-3,5,7H2,1H3. The monoisotopic (exact) mass is 207 g/mol. The number of hydrogen-bond donors (Lipinski definition) is 3. The van der Waals surface area contributed by atoms with Crippen LogP contribution in [-0.4, -0.2) is 23.3 Å². The van der Waals surface area contributed by atoms with Crippen LogP contribution in [-0.2, 0) is 6.42 Å². The number of phenolic OH excluding ortho intramolecular Hbond substituents is 2. The molecule has 3 N–H and O–H groups in total. The third-order valence-corrected chi connectivity index (χ3v) is 3.07. The van der Waals surface area contributed by atoms with Crippen molar-refractivity contribution in [2.24, 2.45) is 5.92 Å². The summed E-state index contributed by atoms with van der Waals surface area (Å²) >= 11 is 0. The molecule has 1 saturated heterocycles. The molecule has 3 nitrogen and oxygen atoms in total. The number of rotatable bonds is 2. The van der Waals surface area contributed by atoms with E-state index in [0.29, 0.717) is 5.92 Å². The second-order valence-electron chi connectivity index (χ2n) is 4.33. The number of phenols is 2. The van der Waals surface area contributed by atoms with Crippen molar-refractivity contribution in [1.29, 1.82) is 0 Å². The van der Waals surface area contributed by atoms with E-state index in [-0.39, 0.29) is 11.5 Å². The van der Waals surface area contributed by atoms with E-state index >= 15 is 0 Å². The average molecular weight is 207 g/mol. The molecule has 82 valence electrons. The minimum atomic E-state index is 0.167. The maximum Gasteiger partial charge on any atom is 0.122 e. The van der Waals surface area contributed by atoms with E-state index in [2.05, 4.69) is 5.32 Å². The van der Waals surface area contributed by atoms with Crippen molar-refractivity contribution in [1.82, 2.24) is 5.32 Å². The zero-order chi connectivity index (χ0) is 10.8. The quantitative estimate of drug-likeness (QED) is 0.689. The number of aryl methyl sites for hydroxylation is 1. The predicted octanol–water partition coefficient (Wildman–Crippen LogP) is 1.56. The highest BCUT2D eigenvalue weighted by Crippen LogP contribution is 2.29. The van der Waals surface area contributed by atoms with Gasteiger partial charge in [-0.2, -0.15) is 0 Å². The van der Waals surface area contributed by atoms with Gasteiger partial charge in [0, 0.05) is 6.07 Å². The molecule has 1 heterocycles. The van der Waals surface area contributed by atoms with Gasteiger partial charge >= 0.3 is 0 Å². The second kappa shape index (κ2) is 4.11. The third-order valence-electron chi connectivity index (χ3n) is 3.07. The van der Waals surface area contributed by atoms with Crippen LogP contribution in [0.4, 0.5) is 0 Å². The molecule has 1 atom stereocenters. The number of aromatic hydroxyl groups is 2. The lowest BCUT2D eigenvalue weighted by Crippen LogP contribution is -2.10. The molecule has 0 saturated carbocycles. The van der Waals surface area contributed by atoms with Gasteiger partial charge in [-0.15, -0.1) is 0 Å². The van der Waals surface area contributed by atoms with Crippen LogP contribution >= 0.6 is 0 Å². The van der Waals surface area contributed by atoms with Crippen molar-refractivity contribution in [2.75, 3.05) is 13.1 Å². The predicted molar refractivity (Wildman–Crippen MR) is 59.2 cm³/mol. The summed E-state index contributed by atoms with van der Waals surface area (Å²) in [5.41, 5.74) is 1.77. The Hall–Kier alpha value is -1.22. The molecule has 15 heavy (non-hydrogen) atoms. The SMILES string of the molecule is Cc1cc(CC2CCNC2)c(O)cc1O. The van der Waals surface area contributed by atoms with Gasteiger partial charge in [-0.25, -0.2) is 0 Å². The molecule has 0 bridgehead atoms. The summed E-state index contributed by atoms with van der Waals surface area (Å²) in [6.07, 6.45) is 2.05. The van der Waals surface area contributed by atoms with Gasteiger partial charge in [-0.3, -0.25) is 0 Å². The van der Waals surface area contributed by atoms with Gasteiger partial charge in [0.15, 0.2) is 0 Å². The molecule has 1 unspecified atom stereocenters. The molecule has 1 aromatic carbocycles. The fourth-order valence-electron chi connectivity index (χ4n) is 2.11. The molecule has 0 amide bonds. The first-order valence-electron chi connectivity index (χ1n) is 5.39. The van der Waals surface area contributed by atoms with Gasteiger partial charge in [-0.05, 0) is 56.0 Å². The van der Waals surface area contributed by atoms with Crippen molar-refractivity contribution in [2.45, 2.75) is 19.8 Å². The Kier molecular flexibility index (Phi) is 2.82. The van der Waals surface area contributed by atoms with Crippen LogP contribution < -0.4 is 5.32 Å². The molecule has 0 radical (unpaired) electrons. The first kappa shape index (κ1) is 10.3. The zero-order valence-corrected chi connectivity index (χ0v) is 8.95. The molecule has 0 aliphatic carbocycles. The summed E-state index contributed by atoms with van der Waals surface area (Å²) in [5, 5.41) is 22.4. The highest BCUT2D eigenvalue weighted by Gasteiger charge is 2.17. The van der Waals surface area contributed by atoms with Gasteiger partial charge in [0.05, 0.1) is 0 Å². The third kappa shape index (κ3) is 2.23. The zero-order valence-electron chi connectivity index (χ0n) is 8.95.